The van der Waals surface area contributed by atoms with Crippen molar-refractivity contribution in [3.05, 3.63) is 94.5 Å². The van der Waals surface area contributed by atoms with Gasteiger partial charge in [-0.25, -0.2) is 4.79 Å². The summed E-state index contributed by atoms with van der Waals surface area (Å²) in [6.45, 7) is 1.73. The lowest BCUT2D eigenvalue weighted by Gasteiger charge is -2.39. The SMILES string of the molecule is COC[C@H](NC(=O)OCC1c2ccccc2-c2ccccc21)C(=O)N[C@@]1(Cc2ccc(Cl)cc2)CCCNC1. The van der Waals surface area contributed by atoms with E-state index in [1.165, 1.54) is 7.11 Å². The van der Waals surface area contributed by atoms with Gasteiger partial charge in [0, 0.05) is 24.6 Å². The largest absolute Gasteiger partial charge is 0.449 e. The van der Waals surface area contributed by atoms with E-state index >= 15 is 0 Å². The Morgan fingerprint density at radius 1 is 1.03 bits per heavy atom. The van der Waals surface area contributed by atoms with Crippen LogP contribution in [0.1, 0.15) is 35.4 Å². The Kier molecular flexibility index (Phi) is 8.50. The normalized spacial score (nSPS) is 19.0. The Hall–Kier alpha value is -3.39. The lowest BCUT2D eigenvalue weighted by atomic mass is 9.83. The number of fused-ring (bicyclic) bond motifs is 3. The number of carbonyl (C=O) groups is 2. The molecule has 1 aliphatic heterocycles. The van der Waals surface area contributed by atoms with Gasteiger partial charge in [0.05, 0.1) is 12.1 Å². The molecule has 1 aliphatic carbocycles. The van der Waals surface area contributed by atoms with Crippen LogP contribution >= 0.6 is 11.6 Å². The molecule has 3 N–H and O–H groups in total. The van der Waals surface area contributed by atoms with Crippen LogP contribution in [-0.2, 0) is 20.7 Å². The molecule has 0 radical (unpaired) electrons. The maximum Gasteiger partial charge on any atom is 0.407 e. The van der Waals surface area contributed by atoms with Gasteiger partial charge in [-0.3, -0.25) is 4.79 Å². The highest BCUT2D eigenvalue weighted by Gasteiger charge is 2.36. The second kappa shape index (κ2) is 12.2. The number of carbonyl (C=O) groups excluding carboxylic acids is 2. The number of alkyl carbamates (subject to hydrolysis) is 1. The molecule has 0 aromatic heterocycles. The molecule has 3 aromatic carbocycles. The zero-order valence-electron chi connectivity index (χ0n) is 22.0. The van der Waals surface area contributed by atoms with E-state index in [1.807, 2.05) is 48.5 Å². The summed E-state index contributed by atoms with van der Waals surface area (Å²) in [6.07, 6.45) is 1.75. The van der Waals surface area contributed by atoms with Crippen molar-refractivity contribution in [2.24, 2.45) is 0 Å². The van der Waals surface area contributed by atoms with Crippen LogP contribution in [0.25, 0.3) is 11.1 Å². The van der Waals surface area contributed by atoms with Crippen molar-refractivity contribution in [3.63, 3.8) is 0 Å². The first-order valence-electron chi connectivity index (χ1n) is 13.4. The molecule has 0 bridgehead atoms. The van der Waals surface area contributed by atoms with E-state index in [-0.39, 0.29) is 25.0 Å². The second-order valence-electron chi connectivity index (χ2n) is 10.3. The molecule has 2 amide bonds. The van der Waals surface area contributed by atoms with Crippen LogP contribution in [0.15, 0.2) is 72.8 Å². The summed E-state index contributed by atoms with van der Waals surface area (Å²) in [7, 11) is 1.51. The molecule has 0 unspecified atom stereocenters. The average molecular weight is 548 g/mol. The van der Waals surface area contributed by atoms with E-state index in [0.717, 1.165) is 47.2 Å². The summed E-state index contributed by atoms with van der Waals surface area (Å²) >= 11 is 6.07. The summed E-state index contributed by atoms with van der Waals surface area (Å²) in [5.41, 5.74) is 5.17. The van der Waals surface area contributed by atoms with Crippen molar-refractivity contribution in [1.82, 2.24) is 16.0 Å². The number of hydrogen-bond donors (Lipinski definition) is 3. The van der Waals surface area contributed by atoms with E-state index in [4.69, 9.17) is 21.1 Å². The highest BCUT2D eigenvalue weighted by molar-refractivity contribution is 6.30. The number of ether oxygens (including phenoxy) is 2. The van der Waals surface area contributed by atoms with Gasteiger partial charge in [0.15, 0.2) is 0 Å². The van der Waals surface area contributed by atoms with Gasteiger partial charge in [-0.05, 0) is 65.8 Å². The average Bonchev–Trinajstić information content (AvgIpc) is 3.27. The van der Waals surface area contributed by atoms with Gasteiger partial charge in [0.2, 0.25) is 5.91 Å². The number of methoxy groups -OCH3 is 1. The quantitative estimate of drug-likeness (QED) is 0.362. The minimum absolute atomic E-state index is 0.0283. The molecule has 1 heterocycles. The molecule has 2 atom stereocenters. The molecule has 1 saturated heterocycles. The van der Waals surface area contributed by atoms with Crippen LogP contribution < -0.4 is 16.0 Å². The van der Waals surface area contributed by atoms with Crippen LogP contribution in [0.2, 0.25) is 5.02 Å². The molecular formula is C31H34ClN3O4. The van der Waals surface area contributed by atoms with Gasteiger partial charge in [0.25, 0.3) is 0 Å². The second-order valence-corrected chi connectivity index (χ2v) is 10.8. The van der Waals surface area contributed by atoms with Crippen molar-refractivity contribution >= 4 is 23.6 Å². The van der Waals surface area contributed by atoms with Gasteiger partial charge in [0.1, 0.15) is 12.6 Å². The zero-order valence-corrected chi connectivity index (χ0v) is 22.8. The summed E-state index contributed by atoms with van der Waals surface area (Å²) in [4.78, 5) is 26.4. The summed E-state index contributed by atoms with van der Waals surface area (Å²) in [5.74, 6) is -0.364. The van der Waals surface area contributed by atoms with Crippen molar-refractivity contribution in [3.8, 4) is 11.1 Å². The number of amides is 2. The molecule has 0 saturated carbocycles. The third kappa shape index (κ3) is 6.27. The summed E-state index contributed by atoms with van der Waals surface area (Å²) in [5, 5.41) is 10.0. The van der Waals surface area contributed by atoms with Crippen molar-refractivity contribution in [2.75, 3.05) is 33.4 Å². The number of rotatable bonds is 9. The van der Waals surface area contributed by atoms with E-state index in [9.17, 15) is 9.59 Å². The molecule has 2 aliphatic rings. The lowest BCUT2D eigenvalue weighted by molar-refractivity contribution is -0.126. The maximum absolute atomic E-state index is 13.5. The van der Waals surface area contributed by atoms with Gasteiger partial charge in [-0.15, -0.1) is 0 Å². The third-order valence-corrected chi connectivity index (χ3v) is 7.85. The molecule has 1 fully saturated rings. The Labute approximate surface area is 234 Å². The highest BCUT2D eigenvalue weighted by Crippen LogP contribution is 2.44. The zero-order chi connectivity index (χ0) is 27.2. The minimum atomic E-state index is -0.894. The number of piperidine rings is 1. The highest BCUT2D eigenvalue weighted by atomic mass is 35.5. The third-order valence-electron chi connectivity index (χ3n) is 7.60. The Balaban J connectivity index is 1.24. The summed E-state index contributed by atoms with van der Waals surface area (Å²) < 4.78 is 11.0. The van der Waals surface area contributed by atoms with E-state index in [2.05, 4.69) is 40.2 Å². The number of hydrogen-bond acceptors (Lipinski definition) is 5. The van der Waals surface area contributed by atoms with Gasteiger partial charge >= 0.3 is 6.09 Å². The Bertz CT molecular complexity index is 1260. The van der Waals surface area contributed by atoms with E-state index < -0.39 is 17.7 Å². The van der Waals surface area contributed by atoms with Gasteiger partial charge in [-0.1, -0.05) is 72.3 Å². The van der Waals surface area contributed by atoms with E-state index in [0.29, 0.717) is 18.0 Å². The molecular weight excluding hydrogens is 514 g/mol. The fraction of sp³-hybridized carbons (Fsp3) is 0.355. The van der Waals surface area contributed by atoms with Crippen molar-refractivity contribution < 1.29 is 19.1 Å². The Morgan fingerprint density at radius 3 is 2.31 bits per heavy atom. The smallest absolute Gasteiger partial charge is 0.407 e. The monoisotopic (exact) mass is 547 g/mol. The first kappa shape index (κ1) is 27.2. The number of nitrogens with one attached hydrogen (secondary N) is 3. The summed E-state index contributed by atoms with van der Waals surface area (Å²) in [6, 6.07) is 23.1. The number of halogens is 1. The molecule has 7 nitrogen and oxygen atoms in total. The van der Waals surface area contributed by atoms with Gasteiger partial charge in [-0.2, -0.15) is 0 Å². The first-order valence-corrected chi connectivity index (χ1v) is 13.7. The molecule has 5 rings (SSSR count). The van der Waals surface area contributed by atoms with Gasteiger partial charge < -0.3 is 25.4 Å². The molecule has 8 heteroatoms. The fourth-order valence-electron chi connectivity index (χ4n) is 5.74. The van der Waals surface area contributed by atoms with Crippen LogP contribution in [0, 0.1) is 0 Å². The van der Waals surface area contributed by atoms with Crippen LogP contribution in [0.3, 0.4) is 0 Å². The van der Waals surface area contributed by atoms with E-state index in [1.54, 1.807) is 0 Å². The molecule has 39 heavy (non-hydrogen) atoms. The molecule has 204 valence electrons. The van der Waals surface area contributed by atoms with Crippen LogP contribution in [0.5, 0.6) is 0 Å². The predicted octanol–water partition coefficient (Wildman–Crippen LogP) is 4.67. The topological polar surface area (TPSA) is 88.7 Å². The maximum atomic E-state index is 13.5. The van der Waals surface area contributed by atoms with Crippen molar-refractivity contribution in [2.45, 2.75) is 36.8 Å². The minimum Gasteiger partial charge on any atom is -0.449 e. The van der Waals surface area contributed by atoms with Crippen molar-refractivity contribution in [1.29, 1.82) is 0 Å². The Morgan fingerprint density at radius 2 is 1.69 bits per heavy atom. The van der Waals surface area contributed by atoms with Crippen LogP contribution in [-0.4, -0.2) is 57.0 Å². The fourth-order valence-corrected chi connectivity index (χ4v) is 5.87. The molecule has 3 aromatic rings. The standard InChI is InChI=1S/C31H34ClN3O4/c1-38-19-28(29(36)35-31(15-6-16-33-20-31)17-21-11-13-22(32)14-12-21)34-30(37)39-18-27-25-9-4-2-7-23(25)24-8-3-5-10-26(24)27/h2-5,7-14,27-28,33H,6,15-20H2,1H3,(H,34,37)(H,35,36)/t28-,31+/m0/s1. The predicted molar refractivity (Wildman–Crippen MR) is 152 cm³/mol. The lowest BCUT2D eigenvalue weighted by Crippen LogP contribution is -2.63. The first-order chi connectivity index (χ1) is 19.0. The van der Waals surface area contributed by atoms with Crippen LogP contribution in [0.4, 0.5) is 4.79 Å². The molecule has 0 spiro atoms. The number of benzene rings is 3.